The second-order valence-electron chi connectivity index (χ2n) is 16.8. The average Bonchev–Trinajstić information content (AvgIpc) is 3.21. The molecule has 8 N–H and O–H groups in total. The Morgan fingerprint density at radius 1 is 0.887 bits per heavy atom. The van der Waals surface area contributed by atoms with E-state index in [-0.39, 0.29) is 36.3 Å². The molecule has 1 aromatic carbocycles. The predicted molar refractivity (Wildman–Crippen MR) is 233 cm³/mol. The molecular formula is C45H70N6O11. The normalized spacial score (nSPS) is 20.0. The zero-order valence-electron chi connectivity index (χ0n) is 37.5. The van der Waals surface area contributed by atoms with Crippen molar-refractivity contribution in [2.75, 3.05) is 20.3 Å². The van der Waals surface area contributed by atoms with Gasteiger partial charge in [0.25, 0.3) is 0 Å². The molecule has 1 heterocycles. The summed E-state index contributed by atoms with van der Waals surface area (Å²) in [6.07, 6.45) is 9.31. The van der Waals surface area contributed by atoms with Crippen LogP contribution in [0.4, 0.5) is 0 Å². The topological polar surface area (TPSA) is 253 Å². The first-order valence-corrected chi connectivity index (χ1v) is 21.6. The number of carbonyl (C=O) groups is 7. The fourth-order valence-corrected chi connectivity index (χ4v) is 6.61. The number of nitrogens with one attached hydrogen (secondary N) is 5. The molecule has 17 nitrogen and oxygen atoms in total. The summed E-state index contributed by atoms with van der Waals surface area (Å²) in [5.41, 5.74) is 0.621. The summed E-state index contributed by atoms with van der Waals surface area (Å²) in [6.45, 7) is 11.2. The number of aliphatic hydroxyl groups is 2. The summed E-state index contributed by atoms with van der Waals surface area (Å²) in [7, 11) is 1.43. The summed E-state index contributed by atoms with van der Waals surface area (Å²) >= 11 is 0. The maximum atomic E-state index is 13.7. The number of esters is 1. The highest BCUT2D eigenvalue weighted by Gasteiger charge is 2.36. The number of benzene rings is 1. The Morgan fingerprint density at radius 2 is 1.52 bits per heavy atom. The van der Waals surface area contributed by atoms with E-state index in [4.69, 9.17) is 4.74 Å². The number of carbonyl (C=O) groups excluding carboxylic acids is 7. The Labute approximate surface area is 365 Å². The van der Waals surface area contributed by atoms with Crippen molar-refractivity contribution in [2.24, 2.45) is 17.8 Å². The van der Waals surface area contributed by atoms with Crippen molar-refractivity contribution in [3.05, 3.63) is 54.1 Å². The molecule has 0 saturated heterocycles. The van der Waals surface area contributed by atoms with Crippen LogP contribution >= 0.6 is 0 Å². The minimum Gasteiger partial charge on any atom is -0.508 e. The number of allylic oxidation sites excluding steroid dienone is 1. The van der Waals surface area contributed by atoms with Crippen LogP contribution in [-0.2, 0) is 44.7 Å². The van der Waals surface area contributed by atoms with Gasteiger partial charge < -0.3 is 51.5 Å². The van der Waals surface area contributed by atoms with Gasteiger partial charge in [0.2, 0.25) is 35.4 Å². The highest BCUT2D eigenvalue weighted by atomic mass is 16.5. The molecule has 346 valence electrons. The summed E-state index contributed by atoms with van der Waals surface area (Å²) in [6, 6.07) is -0.567. The van der Waals surface area contributed by atoms with Crippen LogP contribution in [0.25, 0.3) is 0 Å². The molecule has 62 heavy (non-hydrogen) atoms. The summed E-state index contributed by atoms with van der Waals surface area (Å²) in [5.74, 6) is -5.64. The Balaban J connectivity index is 2.15. The molecule has 6 amide bonds. The number of likely N-dealkylation sites (N-methyl/N-ethyl adjacent to an activating group) is 1. The molecule has 1 aromatic rings. The summed E-state index contributed by atoms with van der Waals surface area (Å²) in [5, 5.41) is 44.0. The highest BCUT2D eigenvalue weighted by Crippen LogP contribution is 2.18. The number of unbranched alkanes of at least 4 members (excludes halogenated alkanes) is 4. The van der Waals surface area contributed by atoms with Crippen molar-refractivity contribution >= 4 is 41.4 Å². The van der Waals surface area contributed by atoms with Gasteiger partial charge in [-0.15, -0.1) is 0 Å². The van der Waals surface area contributed by atoms with E-state index in [1.807, 2.05) is 6.08 Å². The van der Waals surface area contributed by atoms with Gasteiger partial charge in [0.1, 0.15) is 36.5 Å². The second-order valence-corrected chi connectivity index (χ2v) is 16.8. The molecule has 0 bridgehead atoms. The molecule has 1 aliphatic heterocycles. The summed E-state index contributed by atoms with van der Waals surface area (Å²) < 4.78 is 5.64. The standard InChI is InChI=1S/C45H70N6O11/c1-9-10-11-12-13-14-15-16-36(55)48-40(28(4)5)43(59)47-33(25-52)35(54)24-38(57)50-39(27(2)3)42(58)46-31-19-22-37(56)49-41(29(6)7)44(60)51(8)34(45(61)62-26-31)23-30-17-20-32(53)21-18-30/h14-15,17-22,27-29,31,33-35,39-41,52-54H,9-13,16,23-26H2,1-8H3,(H,46,58)(H,47,59)(H,48,55)(H,49,56)(H,50,57)/b15-14-,22-19-/t31?,33-,34?,35-,39-,40-,41-/m0/s1. The van der Waals surface area contributed by atoms with Crippen molar-refractivity contribution in [3.63, 3.8) is 0 Å². The van der Waals surface area contributed by atoms with Crippen LogP contribution in [-0.4, -0.2) is 124 Å². The first-order valence-electron chi connectivity index (χ1n) is 21.6. The lowest BCUT2D eigenvalue weighted by Gasteiger charge is -2.32. The number of cyclic esters (lactones) is 1. The number of phenols is 1. The number of aliphatic hydroxyl groups excluding tert-OH is 2. The van der Waals surface area contributed by atoms with Crippen molar-refractivity contribution in [1.29, 1.82) is 0 Å². The van der Waals surface area contributed by atoms with Crippen molar-refractivity contribution in [1.82, 2.24) is 31.5 Å². The molecule has 0 saturated carbocycles. The van der Waals surface area contributed by atoms with Gasteiger partial charge in [-0.25, -0.2) is 4.79 Å². The molecule has 0 fully saturated rings. The van der Waals surface area contributed by atoms with Crippen molar-refractivity contribution in [2.45, 2.75) is 142 Å². The largest absolute Gasteiger partial charge is 0.508 e. The third kappa shape index (κ3) is 18.0. The lowest BCUT2D eigenvalue weighted by Crippen LogP contribution is -2.57. The number of amides is 6. The van der Waals surface area contributed by atoms with E-state index in [0.717, 1.165) is 38.2 Å². The third-order valence-electron chi connectivity index (χ3n) is 10.5. The number of phenolic OH excluding ortho intramolecular Hbond substituents is 1. The highest BCUT2D eigenvalue weighted by molar-refractivity contribution is 5.95. The van der Waals surface area contributed by atoms with Crippen LogP contribution < -0.4 is 26.6 Å². The number of nitrogens with zero attached hydrogens (tertiary/aromatic N) is 1. The van der Waals surface area contributed by atoms with Crippen molar-refractivity contribution in [3.8, 4) is 5.75 Å². The predicted octanol–water partition coefficient (Wildman–Crippen LogP) is 1.93. The molecule has 0 aromatic heterocycles. The van der Waals surface area contributed by atoms with Crippen LogP contribution in [0.3, 0.4) is 0 Å². The quantitative estimate of drug-likeness (QED) is 0.0475. The molecule has 17 heteroatoms. The van der Waals surface area contributed by atoms with E-state index in [1.54, 1.807) is 59.8 Å². The fraction of sp³-hybridized carbons (Fsp3) is 0.622. The molecule has 7 atom stereocenters. The molecule has 2 unspecified atom stereocenters. The molecule has 0 radical (unpaired) electrons. The number of rotatable bonds is 22. The Bertz CT molecular complexity index is 1700. The van der Waals surface area contributed by atoms with Crippen molar-refractivity contribution < 1.29 is 53.6 Å². The van der Waals surface area contributed by atoms with Crippen LogP contribution in [0.5, 0.6) is 5.75 Å². The lowest BCUT2D eigenvalue weighted by molar-refractivity contribution is -0.156. The van der Waals surface area contributed by atoms with Crippen LogP contribution in [0.15, 0.2) is 48.6 Å². The zero-order valence-corrected chi connectivity index (χ0v) is 37.5. The maximum absolute atomic E-state index is 13.7. The van der Waals surface area contributed by atoms with Gasteiger partial charge in [-0.1, -0.05) is 98.1 Å². The molecule has 0 spiro atoms. The molecular weight excluding hydrogens is 801 g/mol. The minimum atomic E-state index is -1.58. The van der Waals surface area contributed by atoms with Gasteiger partial charge in [0.15, 0.2) is 0 Å². The molecule has 2 rings (SSSR count). The Morgan fingerprint density at radius 3 is 2.11 bits per heavy atom. The smallest absolute Gasteiger partial charge is 0.329 e. The number of hydrogen-bond acceptors (Lipinski definition) is 11. The van der Waals surface area contributed by atoms with E-state index in [2.05, 4.69) is 33.5 Å². The van der Waals surface area contributed by atoms with Crippen LogP contribution in [0.1, 0.15) is 99.0 Å². The van der Waals surface area contributed by atoms with E-state index in [0.29, 0.717) is 5.56 Å². The number of ether oxygens (including phenoxy) is 1. The lowest BCUT2D eigenvalue weighted by atomic mass is 9.99. The van der Waals surface area contributed by atoms with E-state index in [1.165, 1.54) is 30.2 Å². The van der Waals surface area contributed by atoms with Gasteiger partial charge in [0.05, 0.1) is 31.2 Å². The third-order valence-corrected chi connectivity index (χ3v) is 10.5. The zero-order chi connectivity index (χ0) is 46.5. The van der Waals surface area contributed by atoms with E-state index >= 15 is 0 Å². The number of hydrogen-bond donors (Lipinski definition) is 8. The molecule has 0 aliphatic carbocycles. The van der Waals surface area contributed by atoms with E-state index in [9.17, 15) is 48.9 Å². The monoisotopic (exact) mass is 871 g/mol. The first kappa shape index (κ1) is 52.8. The van der Waals surface area contributed by atoms with Crippen LogP contribution in [0.2, 0.25) is 0 Å². The van der Waals surface area contributed by atoms with Gasteiger partial charge in [0, 0.05) is 26.0 Å². The Kier molecular flexibility index (Phi) is 22.9. The SMILES string of the molecule is CCCCCC/C=C\CC(=O)N[C@H](C(=O)N[C@@H](CO)[C@@H](O)CC(=O)N[C@H](C(=O)NC1/C=C\C(=O)N[C@@H](C(C)C)C(=O)N(C)C(Cc2ccc(O)cc2)C(=O)OC1)C(C)C)C(C)C. The first-order chi connectivity index (χ1) is 29.3. The van der Waals surface area contributed by atoms with Gasteiger partial charge in [-0.3, -0.25) is 28.8 Å². The second kappa shape index (κ2) is 26.9. The van der Waals surface area contributed by atoms with Gasteiger partial charge in [-0.2, -0.15) is 0 Å². The minimum absolute atomic E-state index is 0.0166. The fourth-order valence-electron chi connectivity index (χ4n) is 6.61. The van der Waals surface area contributed by atoms with Gasteiger partial charge in [-0.05, 0) is 48.3 Å². The number of aromatic hydroxyl groups is 1. The maximum Gasteiger partial charge on any atom is 0.329 e. The van der Waals surface area contributed by atoms with Gasteiger partial charge >= 0.3 is 5.97 Å². The van der Waals surface area contributed by atoms with E-state index < -0.39 is 103 Å². The van der Waals surface area contributed by atoms with Crippen LogP contribution in [0, 0.1) is 17.8 Å². The average molecular weight is 871 g/mol. The Hall–Kier alpha value is -5.29. The molecule has 1 aliphatic rings. The summed E-state index contributed by atoms with van der Waals surface area (Å²) in [4.78, 5) is 94.3.